The van der Waals surface area contributed by atoms with Crippen LogP contribution in [0.4, 0.5) is 0 Å². The van der Waals surface area contributed by atoms with Gasteiger partial charge in [0.1, 0.15) is 5.60 Å². The third-order valence-corrected chi connectivity index (χ3v) is 2.97. The molecule has 1 aromatic heterocycles. The Kier molecular flexibility index (Phi) is 2.37. The number of furan rings is 1. The fraction of sp³-hybridized carbons (Fsp3) is 0.636. The molecule has 0 aliphatic carbocycles. The Labute approximate surface area is 89.0 Å². The minimum absolute atomic E-state index is 0.442. The molecule has 0 spiro atoms. The monoisotopic (exact) mass is 212 g/mol. The van der Waals surface area contributed by atoms with Gasteiger partial charge in [-0.3, -0.25) is 0 Å². The molecule has 1 saturated heterocycles. The summed E-state index contributed by atoms with van der Waals surface area (Å²) in [5, 5.41) is 0. The summed E-state index contributed by atoms with van der Waals surface area (Å²) in [5.41, 5.74) is -0.932. The Hall–Kier alpha value is -0.840. The summed E-state index contributed by atoms with van der Waals surface area (Å²) in [4.78, 5) is 10.5. The average Bonchev–Trinajstić information content (AvgIpc) is 2.62. The fourth-order valence-corrected chi connectivity index (χ4v) is 1.22. The molecule has 1 aliphatic rings. The number of hydrogen-bond donors (Lipinski definition) is 0. The summed E-state index contributed by atoms with van der Waals surface area (Å²) in [6.45, 7) is 7.77. The first-order valence-corrected chi connectivity index (χ1v) is 4.98. The largest absolute Gasteiger partial charge is 0.464 e. The van der Waals surface area contributed by atoms with Gasteiger partial charge >= 0.3 is 0 Å². The summed E-state index contributed by atoms with van der Waals surface area (Å²) in [5.74, 6) is 0.610. The van der Waals surface area contributed by atoms with Crippen LogP contribution in [0.15, 0.2) is 22.8 Å². The van der Waals surface area contributed by atoms with Crippen LogP contribution < -0.4 is 0 Å². The van der Waals surface area contributed by atoms with E-state index in [1.54, 1.807) is 18.4 Å². The molecule has 84 valence electrons. The minimum Gasteiger partial charge on any atom is -0.464 e. The van der Waals surface area contributed by atoms with Gasteiger partial charge in [0, 0.05) is 0 Å². The molecule has 1 unspecified atom stereocenters. The van der Waals surface area contributed by atoms with Crippen LogP contribution in [0, 0.1) is 0 Å². The highest BCUT2D eigenvalue weighted by atomic mass is 17.2. The van der Waals surface area contributed by atoms with Crippen LogP contribution in [0.25, 0.3) is 0 Å². The maximum absolute atomic E-state index is 5.79. The van der Waals surface area contributed by atoms with Crippen molar-refractivity contribution in [3.05, 3.63) is 24.2 Å². The SMILES string of the molecule is CC1(C)OOC(c2ccco2)OC1(C)C. The molecule has 0 radical (unpaired) electrons. The third-order valence-electron chi connectivity index (χ3n) is 2.97. The van der Waals surface area contributed by atoms with E-state index in [-0.39, 0.29) is 0 Å². The van der Waals surface area contributed by atoms with E-state index in [0.29, 0.717) is 5.76 Å². The van der Waals surface area contributed by atoms with E-state index in [1.165, 1.54) is 0 Å². The van der Waals surface area contributed by atoms with Crippen LogP contribution in [-0.4, -0.2) is 11.2 Å². The van der Waals surface area contributed by atoms with Crippen molar-refractivity contribution in [2.24, 2.45) is 0 Å². The topological polar surface area (TPSA) is 40.8 Å². The van der Waals surface area contributed by atoms with Crippen LogP contribution in [0.2, 0.25) is 0 Å². The van der Waals surface area contributed by atoms with Gasteiger partial charge in [0.15, 0.2) is 5.76 Å². The molecule has 1 aliphatic heterocycles. The average molecular weight is 212 g/mol. The second kappa shape index (κ2) is 3.33. The molecule has 0 aromatic carbocycles. The summed E-state index contributed by atoms with van der Waals surface area (Å²) >= 11 is 0. The molecular weight excluding hydrogens is 196 g/mol. The standard InChI is InChI=1S/C11H16O4/c1-10(2)11(3,4)15-14-9(13-10)8-6-5-7-12-8/h5-7,9H,1-4H3. The van der Waals surface area contributed by atoms with Crippen LogP contribution in [0.1, 0.15) is 39.7 Å². The molecule has 15 heavy (non-hydrogen) atoms. The normalized spacial score (nSPS) is 28.9. The lowest BCUT2D eigenvalue weighted by atomic mass is 9.89. The minimum atomic E-state index is -0.594. The van der Waals surface area contributed by atoms with Crippen molar-refractivity contribution in [3.63, 3.8) is 0 Å². The Morgan fingerprint density at radius 2 is 1.87 bits per heavy atom. The van der Waals surface area contributed by atoms with Crippen LogP contribution in [-0.2, 0) is 14.5 Å². The van der Waals surface area contributed by atoms with Crippen LogP contribution >= 0.6 is 0 Å². The first-order valence-electron chi connectivity index (χ1n) is 4.98. The molecule has 1 fully saturated rings. The van der Waals surface area contributed by atoms with Gasteiger partial charge in [-0.05, 0) is 39.8 Å². The smallest absolute Gasteiger partial charge is 0.250 e. The molecule has 4 heteroatoms. The molecule has 4 nitrogen and oxygen atoms in total. The third kappa shape index (κ3) is 1.80. The van der Waals surface area contributed by atoms with E-state index < -0.39 is 17.5 Å². The highest BCUT2D eigenvalue weighted by molar-refractivity contribution is 5.02. The van der Waals surface area contributed by atoms with Crippen molar-refractivity contribution in [2.45, 2.75) is 45.2 Å². The lowest BCUT2D eigenvalue weighted by Crippen LogP contribution is -2.53. The van der Waals surface area contributed by atoms with E-state index in [0.717, 1.165) is 0 Å². The van der Waals surface area contributed by atoms with E-state index in [2.05, 4.69) is 0 Å². The van der Waals surface area contributed by atoms with Crippen molar-refractivity contribution >= 4 is 0 Å². The predicted molar refractivity (Wildman–Crippen MR) is 52.9 cm³/mol. The molecular formula is C11H16O4. The van der Waals surface area contributed by atoms with E-state index in [1.807, 2.05) is 27.7 Å². The number of hydrogen-bond acceptors (Lipinski definition) is 4. The highest BCUT2D eigenvalue weighted by Gasteiger charge is 2.47. The quantitative estimate of drug-likeness (QED) is 0.671. The van der Waals surface area contributed by atoms with Gasteiger partial charge in [0.2, 0.25) is 0 Å². The Bertz CT molecular complexity index is 326. The van der Waals surface area contributed by atoms with Crippen molar-refractivity contribution in [3.8, 4) is 0 Å². The summed E-state index contributed by atoms with van der Waals surface area (Å²) < 4.78 is 11.0. The zero-order valence-electron chi connectivity index (χ0n) is 9.44. The van der Waals surface area contributed by atoms with Gasteiger partial charge in [-0.1, -0.05) is 0 Å². The first-order chi connectivity index (χ1) is 6.92. The lowest BCUT2D eigenvalue weighted by molar-refractivity contribution is -0.506. The van der Waals surface area contributed by atoms with Crippen molar-refractivity contribution in [2.75, 3.05) is 0 Å². The zero-order valence-corrected chi connectivity index (χ0v) is 9.44. The molecule has 0 bridgehead atoms. The molecule has 0 saturated carbocycles. The molecule has 0 N–H and O–H groups in total. The van der Waals surface area contributed by atoms with Crippen LogP contribution in [0.5, 0.6) is 0 Å². The summed E-state index contributed by atoms with van der Waals surface area (Å²) in [6.07, 6.45) is 0.984. The van der Waals surface area contributed by atoms with E-state index >= 15 is 0 Å². The Balaban J connectivity index is 2.16. The number of ether oxygens (including phenoxy) is 1. The van der Waals surface area contributed by atoms with Crippen molar-refractivity contribution < 1.29 is 18.9 Å². The molecule has 2 rings (SSSR count). The van der Waals surface area contributed by atoms with E-state index in [4.69, 9.17) is 18.9 Å². The van der Waals surface area contributed by atoms with Gasteiger partial charge < -0.3 is 9.15 Å². The van der Waals surface area contributed by atoms with Gasteiger partial charge in [0.25, 0.3) is 6.29 Å². The zero-order chi connectivity index (χ0) is 11.1. The fourth-order valence-electron chi connectivity index (χ4n) is 1.22. The molecule has 0 amide bonds. The summed E-state index contributed by atoms with van der Waals surface area (Å²) in [6, 6.07) is 3.58. The summed E-state index contributed by atoms with van der Waals surface area (Å²) in [7, 11) is 0. The van der Waals surface area contributed by atoms with Crippen molar-refractivity contribution in [1.82, 2.24) is 0 Å². The lowest BCUT2D eigenvalue weighted by Gasteiger charge is -2.45. The van der Waals surface area contributed by atoms with Gasteiger partial charge in [-0.15, -0.1) is 0 Å². The second-order valence-electron chi connectivity index (χ2n) is 4.67. The van der Waals surface area contributed by atoms with Crippen LogP contribution in [0.3, 0.4) is 0 Å². The Morgan fingerprint density at radius 3 is 2.40 bits per heavy atom. The first kappa shape index (κ1) is 10.7. The van der Waals surface area contributed by atoms with Gasteiger partial charge in [0.05, 0.1) is 11.9 Å². The highest BCUT2D eigenvalue weighted by Crippen LogP contribution is 2.40. The second-order valence-corrected chi connectivity index (χ2v) is 4.67. The molecule has 1 aromatic rings. The maximum atomic E-state index is 5.79. The Morgan fingerprint density at radius 1 is 1.13 bits per heavy atom. The van der Waals surface area contributed by atoms with E-state index in [9.17, 15) is 0 Å². The molecule has 1 atom stereocenters. The predicted octanol–water partition coefficient (Wildman–Crippen LogP) is 2.81. The van der Waals surface area contributed by atoms with Crippen molar-refractivity contribution in [1.29, 1.82) is 0 Å². The maximum Gasteiger partial charge on any atom is 0.250 e. The van der Waals surface area contributed by atoms with Gasteiger partial charge in [-0.25, -0.2) is 4.89 Å². The van der Waals surface area contributed by atoms with Gasteiger partial charge in [-0.2, -0.15) is 4.89 Å². The number of rotatable bonds is 1. The molecule has 2 heterocycles.